The first-order chi connectivity index (χ1) is 19.0. The van der Waals surface area contributed by atoms with Crippen molar-refractivity contribution in [3.05, 3.63) is 103 Å². The van der Waals surface area contributed by atoms with E-state index in [0.717, 1.165) is 16.5 Å². The number of methoxy groups -OCH3 is 1. The van der Waals surface area contributed by atoms with Crippen LogP contribution >= 0.6 is 0 Å². The summed E-state index contributed by atoms with van der Waals surface area (Å²) in [6, 6.07) is 22.5. The Morgan fingerprint density at radius 2 is 1.87 bits per heavy atom. The highest BCUT2D eigenvalue weighted by molar-refractivity contribution is 6.01. The van der Waals surface area contributed by atoms with Gasteiger partial charge in [0, 0.05) is 41.3 Å². The number of anilines is 2. The molecule has 0 bridgehead atoms. The molecule has 192 valence electrons. The average molecular weight is 518 g/mol. The first-order valence-electron chi connectivity index (χ1n) is 11.9. The Morgan fingerprint density at radius 3 is 2.59 bits per heavy atom. The number of nitrogens with one attached hydrogen (secondary N) is 2. The van der Waals surface area contributed by atoms with Gasteiger partial charge in [-0.1, -0.05) is 12.1 Å². The number of hydrogen-bond donors (Lipinski definition) is 3. The molecule has 0 spiro atoms. The lowest BCUT2D eigenvalue weighted by Gasteiger charge is -2.13. The number of carbonyl (C=O) groups is 1. The number of ether oxygens (including phenoxy) is 2. The van der Waals surface area contributed by atoms with Crippen LogP contribution in [-0.2, 0) is 6.61 Å². The SMILES string of the molecule is COc1ccc(NC(=O)Nc2ccc(-c3ccnc4cc(OCc5cccnc5)c(C#N)cc34)cc2O)cc1. The minimum Gasteiger partial charge on any atom is -0.506 e. The molecule has 9 heteroatoms. The maximum Gasteiger partial charge on any atom is 0.323 e. The lowest BCUT2D eigenvalue weighted by Crippen LogP contribution is -2.19. The van der Waals surface area contributed by atoms with Gasteiger partial charge in [0.2, 0.25) is 0 Å². The summed E-state index contributed by atoms with van der Waals surface area (Å²) in [5, 5.41) is 26.5. The normalized spacial score (nSPS) is 10.5. The predicted molar refractivity (Wildman–Crippen MR) is 148 cm³/mol. The summed E-state index contributed by atoms with van der Waals surface area (Å²) in [4.78, 5) is 21.0. The van der Waals surface area contributed by atoms with Crippen molar-refractivity contribution in [3.63, 3.8) is 0 Å². The third-order valence-corrected chi connectivity index (χ3v) is 5.99. The largest absolute Gasteiger partial charge is 0.506 e. The molecule has 3 N–H and O–H groups in total. The number of phenolic OH excluding ortho intramolecular Hbond substituents is 1. The number of carbonyl (C=O) groups excluding carboxylic acids is 1. The zero-order chi connectivity index (χ0) is 27.2. The van der Waals surface area contributed by atoms with Crippen molar-refractivity contribution >= 4 is 28.3 Å². The maximum absolute atomic E-state index is 12.4. The number of aromatic hydroxyl groups is 1. The monoisotopic (exact) mass is 517 g/mol. The summed E-state index contributed by atoms with van der Waals surface area (Å²) in [5.74, 6) is 0.983. The van der Waals surface area contributed by atoms with Gasteiger partial charge in [-0.2, -0.15) is 5.26 Å². The number of fused-ring (bicyclic) bond motifs is 1. The number of phenols is 1. The molecule has 0 saturated carbocycles. The van der Waals surface area contributed by atoms with Gasteiger partial charge < -0.3 is 25.2 Å². The van der Waals surface area contributed by atoms with Crippen LogP contribution in [0.1, 0.15) is 11.1 Å². The smallest absolute Gasteiger partial charge is 0.323 e. The van der Waals surface area contributed by atoms with Gasteiger partial charge in [0.05, 0.1) is 23.9 Å². The summed E-state index contributed by atoms with van der Waals surface area (Å²) >= 11 is 0. The third kappa shape index (κ3) is 5.70. The molecule has 0 aliphatic heterocycles. The molecule has 2 heterocycles. The Balaban J connectivity index is 1.37. The topological polar surface area (TPSA) is 129 Å². The van der Waals surface area contributed by atoms with E-state index in [-0.39, 0.29) is 18.0 Å². The van der Waals surface area contributed by atoms with E-state index in [9.17, 15) is 15.2 Å². The van der Waals surface area contributed by atoms with Gasteiger partial charge in [0.15, 0.2) is 0 Å². The van der Waals surface area contributed by atoms with Crippen molar-refractivity contribution in [3.8, 4) is 34.4 Å². The number of amides is 2. The maximum atomic E-state index is 12.4. The van der Waals surface area contributed by atoms with E-state index in [0.29, 0.717) is 33.8 Å². The molecule has 0 saturated heterocycles. The Kier molecular flexibility index (Phi) is 7.19. The molecule has 0 unspecified atom stereocenters. The zero-order valence-corrected chi connectivity index (χ0v) is 20.9. The molecular weight excluding hydrogens is 494 g/mol. The van der Waals surface area contributed by atoms with E-state index in [1.165, 1.54) is 0 Å². The Hall–Kier alpha value is -5.62. The molecule has 5 rings (SSSR count). The predicted octanol–water partition coefficient (Wildman–Crippen LogP) is 6.11. The Labute approximate surface area is 224 Å². The molecule has 2 aromatic heterocycles. The lowest BCUT2D eigenvalue weighted by atomic mass is 9.99. The van der Waals surface area contributed by atoms with Crippen LogP contribution in [0.5, 0.6) is 17.2 Å². The zero-order valence-electron chi connectivity index (χ0n) is 20.9. The van der Waals surface area contributed by atoms with Crippen LogP contribution in [0.25, 0.3) is 22.0 Å². The number of pyridine rings is 2. The Bertz CT molecular complexity index is 1680. The molecule has 5 aromatic rings. The second-order valence-corrected chi connectivity index (χ2v) is 8.53. The van der Waals surface area contributed by atoms with Crippen LogP contribution in [0.2, 0.25) is 0 Å². The lowest BCUT2D eigenvalue weighted by molar-refractivity contribution is 0.262. The van der Waals surface area contributed by atoms with Gasteiger partial charge in [-0.3, -0.25) is 9.97 Å². The summed E-state index contributed by atoms with van der Waals surface area (Å²) in [7, 11) is 1.57. The van der Waals surface area contributed by atoms with Gasteiger partial charge in [-0.15, -0.1) is 0 Å². The van der Waals surface area contributed by atoms with Gasteiger partial charge in [0.1, 0.15) is 29.9 Å². The molecule has 0 aliphatic carbocycles. The number of hydrogen-bond acceptors (Lipinski definition) is 7. The fourth-order valence-corrected chi connectivity index (χ4v) is 4.04. The number of nitriles is 1. The Morgan fingerprint density at radius 1 is 1.03 bits per heavy atom. The molecule has 0 aliphatic rings. The van der Waals surface area contributed by atoms with Gasteiger partial charge >= 0.3 is 6.03 Å². The van der Waals surface area contributed by atoms with Crippen molar-refractivity contribution in [1.82, 2.24) is 9.97 Å². The molecule has 0 fully saturated rings. The van der Waals surface area contributed by atoms with E-state index in [4.69, 9.17) is 9.47 Å². The number of nitrogens with zero attached hydrogens (tertiary/aromatic N) is 3. The molecule has 2 amide bonds. The first kappa shape index (κ1) is 25.0. The van der Waals surface area contributed by atoms with Crippen LogP contribution in [0, 0.1) is 11.3 Å². The second-order valence-electron chi connectivity index (χ2n) is 8.53. The molecule has 3 aromatic carbocycles. The van der Waals surface area contributed by atoms with E-state index < -0.39 is 6.03 Å². The fraction of sp³-hybridized carbons (Fsp3) is 0.0667. The molecule has 0 atom stereocenters. The van der Waals surface area contributed by atoms with Crippen molar-refractivity contribution in [2.75, 3.05) is 17.7 Å². The van der Waals surface area contributed by atoms with E-state index in [1.54, 1.807) is 86.4 Å². The number of rotatable bonds is 7. The molecule has 0 radical (unpaired) electrons. The average Bonchev–Trinajstić information content (AvgIpc) is 2.97. The van der Waals surface area contributed by atoms with Crippen molar-refractivity contribution < 1.29 is 19.4 Å². The first-order valence-corrected chi connectivity index (χ1v) is 11.9. The highest BCUT2D eigenvalue weighted by Crippen LogP contribution is 2.35. The highest BCUT2D eigenvalue weighted by Gasteiger charge is 2.14. The molecule has 9 nitrogen and oxygen atoms in total. The molecule has 39 heavy (non-hydrogen) atoms. The number of benzene rings is 3. The van der Waals surface area contributed by atoms with Crippen LogP contribution in [0.3, 0.4) is 0 Å². The third-order valence-electron chi connectivity index (χ3n) is 5.99. The molecular formula is C30H23N5O4. The quantitative estimate of drug-likeness (QED) is 0.222. The number of urea groups is 1. The van der Waals surface area contributed by atoms with E-state index >= 15 is 0 Å². The van der Waals surface area contributed by atoms with Crippen molar-refractivity contribution in [2.24, 2.45) is 0 Å². The van der Waals surface area contributed by atoms with Crippen LogP contribution in [0.4, 0.5) is 16.2 Å². The summed E-state index contributed by atoms with van der Waals surface area (Å²) in [6.45, 7) is 0.266. The standard InChI is InChI=1S/C30H23N5O4/c1-38-23-7-5-22(6-8-23)34-30(37)35-26-9-4-20(14-28(26)36)24-10-12-33-27-15-29(21(16-31)13-25(24)27)39-18-19-3-2-11-32-17-19/h2-15,17,36H,18H2,1H3,(H2,34,35,37). The minimum atomic E-state index is -0.505. The summed E-state index contributed by atoms with van der Waals surface area (Å²) in [5.41, 5.74) is 4.14. The van der Waals surface area contributed by atoms with E-state index in [1.807, 2.05) is 12.1 Å². The van der Waals surface area contributed by atoms with E-state index in [2.05, 4.69) is 26.7 Å². The van der Waals surface area contributed by atoms with Crippen molar-refractivity contribution in [2.45, 2.75) is 6.61 Å². The van der Waals surface area contributed by atoms with Gasteiger partial charge in [0.25, 0.3) is 0 Å². The number of aromatic nitrogens is 2. The minimum absolute atomic E-state index is 0.112. The van der Waals surface area contributed by atoms with Gasteiger partial charge in [-0.25, -0.2) is 4.79 Å². The second kappa shape index (κ2) is 11.2. The highest BCUT2D eigenvalue weighted by atomic mass is 16.5. The van der Waals surface area contributed by atoms with Crippen LogP contribution in [0.15, 0.2) is 91.4 Å². The van der Waals surface area contributed by atoms with Crippen molar-refractivity contribution in [1.29, 1.82) is 5.26 Å². The van der Waals surface area contributed by atoms with Crippen LogP contribution in [-0.4, -0.2) is 28.2 Å². The van der Waals surface area contributed by atoms with Crippen LogP contribution < -0.4 is 20.1 Å². The summed E-state index contributed by atoms with van der Waals surface area (Å²) < 4.78 is 11.0. The summed E-state index contributed by atoms with van der Waals surface area (Å²) in [6.07, 6.45) is 5.04. The van der Waals surface area contributed by atoms with Gasteiger partial charge in [-0.05, 0) is 65.7 Å². The fourth-order valence-electron chi connectivity index (χ4n) is 4.04.